The van der Waals surface area contributed by atoms with Gasteiger partial charge >= 0.3 is 0 Å². The van der Waals surface area contributed by atoms with Gasteiger partial charge in [0, 0.05) is 36.3 Å². The molecule has 2 aromatic rings. The van der Waals surface area contributed by atoms with E-state index in [1.54, 1.807) is 25.2 Å². The molecule has 0 aliphatic heterocycles. The minimum atomic E-state index is -0.891. The summed E-state index contributed by atoms with van der Waals surface area (Å²) in [5.74, 6) is 0.233. The molecule has 0 aliphatic rings. The monoisotopic (exact) mass is 378 g/mol. The summed E-state index contributed by atoms with van der Waals surface area (Å²) in [6.45, 7) is 1.92. The first-order chi connectivity index (χ1) is 12.3. The highest BCUT2D eigenvalue weighted by atomic mass is 35.5. The van der Waals surface area contributed by atoms with Gasteiger partial charge in [-0.05, 0) is 42.8 Å². The smallest absolute Gasteiger partial charge is 0.269 e. The van der Waals surface area contributed by atoms with Crippen molar-refractivity contribution in [1.29, 1.82) is 0 Å². The third kappa shape index (κ3) is 5.18. The Labute approximate surface area is 155 Å². The molecule has 0 saturated carbocycles. The van der Waals surface area contributed by atoms with Gasteiger partial charge in [-0.15, -0.1) is 0 Å². The van der Waals surface area contributed by atoms with Gasteiger partial charge in [0.1, 0.15) is 18.5 Å². The van der Waals surface area contributed by atoms with Crippen LogP contribution in [-0.4, -0.2) is 47.1 Å². The summed E-state index contributed by atoms with van der Waals surface area (Å²) in [6, 6.07) is 10.5. The number of ether oxygens (including phenoxy) is 1. The zero-order valence-corrected chi connectivity index (χ0v) is 15.1. The molecule has 1 N–H and O–H groups in total. The molecule has 0 fully saturated rings. The summed E-state index contributed by atoms with van der Waals surface area (Å²) in [5.41, 5.74) is 1.08. The zero-order valence-electron chi connectivity index (χ0n) is 14.4. The Morgan fingerprint density at radius 1 is 1.31 bits per heavy atom. The lowest BCUT2D eigenvalue weighted by Gasteiger charge is -2.21. The average Bonchev–Trinajstić information content (AvgIpc) is 2.62. The third-order valence-corrected chi connectivity index (χ3v) is 4.15. The van der Waals surface area contributed by atoms with E-state index in [-0.39, 0.29) is 24.7 Å². The number of aliphatic hydroxyl groups is 1. The van der Waals surface area contributed by atoms with Gasteiger partial charge in [0.2, 0.25) is 0 Å². The van der Waals surface area contributed by atoms with Crippen LogP contribution in [0.25, 0.3) is 0 Å². The van der Waals surface area contributed by atoms with E-state index < -0.39 is 11.0 Å². The predicted molar refractivity (Wildman–Crippen MR) is 97.7 cm³/mol. The van der Waals surface area contributed by atoms with Crippen molar-refractivity contribution < 1.29 is 19.6 Å². The lowest BCUT2D eigenvalue weighted by molar-refractivity contribution is -0.384. The molecule has 0 aromatic heterocycles. The van der Waals surface area contributed by atoms with E-state index in [9.17, 15) is 20.0 Å². The van der Waals surface area contributed by atoms with Crippen LogP contribution in [0.5, 0.6) is 5.75 Å². The molecular formula is C18H19ClN2O5. The summed E-state index contributed by atoms with van der Waals surface area (Å²) in [6.07, 6.45) is -0.891. The van der Waals surface area contributed by atoms with E-state index in [0.29, 0.717) is 16.3 Å². The van der Waals surface area contributed by atoms with Gasteiger partial charge in [-0.2, -0.15) is 0 Å². The van der Waals surface area contributed by atoms with Crippen LogP contribution in [0.1, 0.15) is 15.9 Å². The summed E-state index contributed by atoms with van der Waals surface area (Å²) in [7, 11) is 1.54. The number of non-ortho nitro benzene ring substituents is 1. The number of nitro benzene ring substituents is 1. The maximum atomic E-state index is 12.3. The molecule has 7 nitrogen and oxygen atoms in total. The molecule has 0 spiro atoms. The molecule has 0 unspecified atom stereocenters. The summed E-state index contributed by atoms with van der Waals surface area (Å²) in [4.78, 5) is 23.8. The second-order valence-corrected chi connectivity index (χ2v) is 6.27. The topological polar surface area (TPSA) is 92.9 Å². The molecule has 0 aliphatic carbocycles. The van der Waals surface area contributed by atoms with E-state index in [1.165, 1.54) is 29.2 Å². The Balaban J connectivity index is 1.88. The average molecular weight is 379 g/mol. The van der Waals surface area contributed by atoms with Crippen LogP contribution in [0.4, 0.5) is 5.69 Å². The standard InChI is InChI=1S/C18H19ClN2O5/c1-12-9-16(7-8-17(12)19)26-11-15(22)10-20(2)18(23)13-3-5-14(6-4-13)21(24)25/h3-9,15,22H,10-11H2,1-2H3/t15-/m0/s1. The fourth-order valence-corrected chi connectivity index (χ4v) is 2.41. The number of aliphatic hydroxyl groups excluding tert-OH is 1. The second-order valence-electron chi connectivity index (χ2n) is 5.87. The molecule has 138 valence electrons. The SMILES string of the molecule is Cc1cc(OC[C@@H](O)CN(C)C(=O)c2ccc([N+](=O)[O-])cc2)ccc1Cl. The molecule has 8 heteroatoms. The molecule has 0 bridgehead atoms. The largest absolute Gasteiger partial charge is 0.491 e. The highest BCUT2D eigenvalue weighted by Gasteiger charge is 2.17. The summed E-state index contributed by atoms with van der Waals surface area (Å²) in [5, 5.41) is 21.4. The van der Waals surface area contributed by atoms with E-state index in [2.05, 4.69) is 0 Å². The van der Waals surface area contributed by atoms with E-state index in [0.717, 1.165) is 5.56 Å². The van der Waals surface area contributed by atoms with E-state index in [4.69, 9.17) is 16.3 Å². The lowest BCUT2D eigenvalue weighted by Crippen LogP contribution is -2.37. The minimum absolute atomic E-state index is 0.0129. The molecule has 2 aromatic carbocycles. The number of hydrogen-bond donors (Lipinski definition) is 1. The van der Waals surface area contributed by atoms with Gasteiger partial charge in [0.25, 0.3) is 11.6 Å². The van der Waals surface area contributed by atoms with Crippen LogP contribution >= 0.6 is 11.6 Å². The van der Waals surface area contributed by atoms with Crippen molar-refractivity contribution in [2.75, 3.05) is 20.2 Å². The highest BCUT2D eigenvalue weighted by molar-refractivity contribution is 6.31. The number of hydrogen-bond acceptors (Lipinski definition) is 5. The van der Waals surface area contributed by atoms with Crippen LogP contribution in [0.15, 0.2) is 42.5 Å². The van der Waals surface area contributed by atoms with Crippen molar-refractivity contribution in [2.24, 2.45) is 0 Å². The molecule has 26 heavy (non-hydrogen) atoms. The Hall–Kier alpha value is -2.64. The van der Waals surface area contributed by atoms with Crippen LogP contribution in [-0.2, 0) is 0 Å². The quantitative estimate of drug-likeness (QED) is 0.590. The van der Waals surface area contributed by atoms with Crippen molar-refractivity contribution in [3.63, 3.8) is 0 Å². The maximum Gasteiger partial charge on any atom is 0.269 e. The number of benzene rings is 2. The summed E-state index contributed by atoms with van der Waals surface area (Å²) < 4.78 is 5.51. The van der Waals surface area contributed by atoms with Gasteiger partial charge in [-0.25, -0.2) is 0 Å². The van der Waals surface area contributed by atoms with Crippen LogP contribution in [0, 0.1) is 17.0 Å². The third-order valence-electron chi connectivity index (χ3n) is 3.73. The Morgan fingerprint density at radius 2 is 1.96 bits per heavy atom. The number of aryl methyl sites for hydroxylation is 1. The first-order valence-electron chi connectivity index (χ1n) is 7.85. The first kappa shape index (κ1) is 19.7. The summed E-state index contributed by atoms with van der Waals surface area (Å²) >= 11 is 5.95. The number of carbonyl (C=O) groups excluding carboxylic acids is 1. The number of nitrogens with zero attached hydrogens (tertiary/aromatic N) is 2. The number of nitro groups is 1. The number of likely N-dealkylation sites (N-methyl/N-ethyl adjacent to an activating group) is 1. The van der Waals surface area contributed by atoms with Crippen LogP contribution in [0.3, 0.4) is 0 Å². The molecule has 2 rings (SSSR count). The molecule has 0 heterocycles. The van der Waals surface area contributed by atoms with Gasteiger partial charge in [0.05, 0.1) is 4.92 Å². The van der Waals surface area contributed by atoms with Gasteiger partial charge in [-0.1, -0.05) is 11.6 Å². The van der Waals surface area contributed by atoms with Crippen molar-refractivity contribution >= 4 is 23.2 Å². The van der Waals surface area contributed by atoms with Crippen molar-refractivity contribution in [1.82, 2.24) is 4.90 Å². The van der Waals surface area contributed by atoms with Crippen LogP contribution < -0.4 is 4.74 Å². The van der Waals surface area contributed by atoms with Crippen molar-refractivity contribution in [2.45, 2.75) is 13.0 Å². The molecule has 1 atom stereocenters. The molecule has 0 saturated heterocycles. The van der Waals surface area contributed by atoms with Crippen molar-refractivity contribution in [3.05, 3.63) is 68.7 Å². The zero-order chi connectivity index (χ0) is 19.3. The molecule has 0 radical (unpaired) electrons. The van der Waals surface area contributed by atoms with Crippen LogP contribution in [0.2, 0.25) is 5.02 Å². The fraction of sp³-hybridized carbons (Fsp3) is 0.278. The number of rotatable bonds is 7. The van der Waals surface area contributed by atoms with Gasteiger partial charge in [-0.3, -0.25) is 14.9 Å². The first-order valence-corrected chi connectivity index (χ1v) is 8.22. The lowest BCUT2D eigenvalue weighted by atomic mass is 10.2. The highest BCUT2D eigenvalue weighted by Crippen LogP contribution is 2.21. The second kappa shape index (κ2) is 8.64. The van der Waals surface area contributed by atoms with Gasteiger partial charge in [0.15, 0.2) is 0 Å². The Kier molecular flexibility index (Phi) is 6.54. The normalized spacial score (nSPS) is 11.7. The molecule has 1 amide bonds. The molecular weight excluding hydrogens is 360 g/mol. The number of carbonyl (C=O) groups is 1. The van der Waals surface area contributed by atoms with E-state index in [1.807, 2.05) is 6.92 Å². The fourth-order valence-electron chi connectivity index (χ4n) is 2.30. The Morgan fingerprint density at radius 3 is 2.54 bits per heavy atom. The van der Waals surface area contributed by atoms with Gasteiger partial charge < -0.3 is 14.7 Å². The Bertz CT molecular complexity index is 795. The predicted octanol–water partition coefficient (Wildman–Crippen LogP) is 3.07. The number of amides is 1. The minimum Gasteiger partial charge on any atom is -0.491 e. The van der Waals surface area contributed by atoms with Crippen molar-refractivity contribution in [3.8, 4) is 5.75 Å². The maximum absolute atomic E-state index is 12.3. The van der Waals surface area contributed by atoms with E-state index >= 15 is 0 Å². The number of halogens is 1.